The Hall–Kier alpha value is -1.11. The van der Waals surface area contributed by atoms with Crippen LogP contribution in [0.25, 0.3) is 0 Å². The maximum absolute atomic E-state index is 12.2. The smallest absolute Gasteiger partial charge is 0.235 e. The molecule has 1 atom stereocenters. The third-order valence-corrected chi connectivity index (χ3v) is 5.79. The van der Waals surface area contributed by atoms with Crippen molar-refractivity contribution in [2.24, 2.45) is 5.92 Å². The number of amides is 1. The molecule has 25 heavy (non-hydrogen) atoms. The minimum atomic E-state index is -3.52. The Balaban J connectivity index is 2.66. The normalized spacial score (nSPS) is 13.0. The zero-order chi connectivity index (χ0) is 18.9. The van der Waals surface area contributed by atoms with Crippen molar-refractivity contribution >= 4 is 27.5 Å². The van der Waals surface area contributed by atoms with Gasteiger partial charge in [0.2, 0.25) is 15.9 Å². The van der Waals surface area contributed by atoms with E-state index in [4.69, 9.17) is 11.6 Å². The predicted molar refractivity (Wildman–Crippen MR) is 103 cm³/mol. The van der Waals surface area contributed by atoms with Crippen LogP contribution in [0.5, 0.6) is 0 Å². The Labute approximate surface area is 156 Å². The van der Waals surface area contributed by atoms with Gasteiger partial charge in [-0.15, -0.1) is 0 Å². The lowest BCUT2D eigenvalue weighted by molar-refractivity contribution is -0.121. The fourth-order valence-corrected chi connectivity index (χ4v) is 3.45. The van der Waals surface area contributed by atoms with Gasteiger partial charge in [-0.2, -0.15) is 4.31 Å². The van der Waals surface area contributed by atoms with Crippen molar-refractivity contribution in [3.8, 4) is 0 Å². The summed E-state index contributed by atoms with van der Waals surface area (Å²) in [5.41, 5.74) is 0.678. The largest absolute Gasteiger partial charge is 0.355 e. The van der Waals surface area contributed by atoms with Crippen LogP contribution in [0, 0.1) is 5.92 Å². The van der Waals surface area contributed by atoms with Crippen LogP contribution in [0.15, 0.2) is 24.3 Å². The predicted octanol–water partition coefficient (Wildman–Crippen LogP) is 3.43. The third kappa shape index (κ3) is 8.21. The molecule has 0 unspecified atom stereocenters. The molecule has 0 bridgehead atoms. The summed E-state index contributed by atoms with van der Waals surface area (Å²) in [6, 6.07) is 7.04. The fraction of sp³-hybridized carbons (Fsp3) is 0.611. The zero-order valence-corrected chi connectivity index (χ0v) is 16.9. The average Bonchev–Trinajstić information content (AvgIpc) is 2.55. The van der Waals surface area contributed by atoms with E-state index in [1.165, 1.54) is 0 Å². The number of carbonyl (C=O) groups is 1. The molecule has 1 aromatic carbocycles. The van der Waals surface area contributed by atoms with E-state index in [0.29, 0.717) is 23.0 Å². The van der Waals surface area contributed by atoms with Gasteiger partial charge in [0.25, 0.3) is 0 Å². The van der Waals surface area contributed by atoms with E-state index in [-0.39, 0.29) is 19.0 Å². The van der Waals surface area contributed by atoms with Crippen molar-refractivity contribution in [3.63, 3.8) is 0 Å². The van der Waals surface area contributed by atoms with E-state index in [9.17, 15) is 13.2 Å². The molecule has 0 saturated heterocycles. The first-order chi connectivity index (χ1) is 11.8. The van der Waals surface area contributed by atoms with Gasteiger partial charge in [0.1, 0.15) is 0 Å². The molecule has 0 spiro atoms. The molecule has 1 N–H and O–H groups in total. The van der Waals surface area contributed by atoms with Crippen LogP contribution < -0.4 is 5.32 Å². The van der Waals surface area contributed by atoms with Gasteiger partial charge in [-0.1, -0.05) is 62.9 Å². The number of sulfonamides is 1. The molecule has 0 saturated carbocycles. The number of benzene rings is 1. The molecule has 5 nitrogen and oxygen atoms in total. The zero-order valence-electron chi connectivity index (χ0n) is 15.3. The first kappa shape index (κ1) is 21.9. The van der Waals surface area contributed by atoms with Crippen molar-refractivity contribution in [2.45, 2.75) is 46.1 Å². The number of carbonyl (C=O) groups excluding carboxylic acids is 1. The molecule has 0 fully saturated rings. The van der Waals surface area contributed by atoms with Crippen LogP contribution in [-0.2, 0) is 21.4 Å². The maximum atomic E-state index is 12.2. The first-order valence-electron chi connectivity index (χ1n) is 8.73. The topological polar surface area (TPSA) is 66.5 Å². The summed E-state index contributed by atoms with van der Waals surface area (Å²) < 4.78 is 25.2. The molecule has 0 aliphatic carbocycles. The Kier molecular flexibility index (Phi) is 9.46. The van der Waals surface area contributed by atoms with Gasteiger partial charge in [-0.3, -0.25) is 4.79 Å². The van der Waals surface area contributed by atoms with Crippen molar-refractivity contribution < 1.29 is 13.2 Å². The van der Waals surface area contributed by atoms with Gasteiger partial charge in [0.15, 0.2) is 0 Å². The lowest BCUT2D eigenvalue weighted by atomic mass is 9.99. The Morgan fingerprint density at radius 2 is 1.96 bits per heavy atom. The number of nitrogens with zero attached hydrogens (tertiary/aromatic N) is 1. The van der Waals surface area contributed by atoms with E-state index in [1.807, 2.05) is 0 Å². The molecule has 1 rings (SSSR count). The third-order valence-electron chi connectivity index (χ3n) is 4.22. The second-order valence-corrected chi connectivity index (χ2v) is 8.73. The quantitative estimate of drug-likeness (QED) is 0.631. The van der Waals surface area contributed by atoms with Gasteiger partial charge in [0.05, 0.1) is 12.8 Å². The molecular formula is C18H29ClN2O3S. The molecule has 0 aliphatic rings. The summed E-state index contributed by atoms with van der Waals surface area (Å²) in [5.74, 6) is 0.145. The highest BCUT2D eigenvalue weighted by Crippen LogP contribution is 2.18. The maximum Gasteiger partial charge on any atom is 0.235 e. The molecule has 1 aromatic rings. The number of unbranched alkanes of at least 4 members (excludes halogenated alkanes) is 1. The van der Waals surface area contributed by atoms with Crippen molar-refractivity contribution in [2.75, 3.05) is 19.3 Å². The molecule has 0 aromatic heterocycles. The Morgan fingerprint density at radius 1 is 1.28 bits per heavy atom. The van der Waals surface area contributed by atoms with Crippen LogP contribution in [0.3, 0.4) is 0 Å². The molecular weight excluding hydrogens is 360 g/mol. The summed E-state index contributed by atoms with van der Waals surface area (Å²) in [6.07, 6.45) is 5.44. The lowest BCUT2D eigenvalue weighted by Gasteiger charge is -2.21. The second kappa shape index (κ2) is 10.8. The second-order valence-electron chi connectivity index (χ2n) is 6.34. The van der Waals surface area contributed by atoms with Crippen LogP contribution in [0.2, 0.25) is 5.02 Å². The molecule has 0 aliphatic heterocycles. The lowest BCUT2D eigenvalue weighted by Crippen LogP contribution is -2.41. The van der Waals surface area contributed by atoms with Crippen LogP contribution in [-0.4, -0.2) is 38.0 Å². The number of hydrogen-bond donors (Lipinski definition) is 1. The average molecular weight is 389 g/mol. The number of rotatable bonds is 11. The van der Waals surface area contributed by atoms with Crippen molar-refractivity contribution in [1.29, 1.82) is 0 Å². The van der Waals surface area contributed by atoms with Crippen LogP contribution in [0.1, 0.15) is 45.1 Å². The van der Waals surface area contributed by atoms with Gasteiger partial charge in [0, 0.05) is 18.1 Å². The Bertz CT molecular complexity index is 649. The molecule has 0 heterocycles. The highest BCUT2D eigenvalue weighted by Gasteiger charge is 2.21. The summed E-state index contributed by atoms with van der Waals surface area (Å²) in [6.45, 7) is 4.71. The monoisotopic (exact) mass is 388 g/mol. The SMILES string of the molecule is CCCC[C@@H](CC)CNC(=O)CN(Cc1ccccc1Cl)S(C)(=O)=O. The van der Waals surface area contributed by atoms with E-state index in [0.717, 1.165) is 36.2 Å². The van der Waals surface area contributed by atoms with E-state index >= 15 is 0 Å². The van der Waals surface area contributed by atoms with E-state index in [2.05, 4.69) is 19.2 Å². The Morgan fingerprint density at radius 3 is 2.52 bits per heavy atom. The van der Waals surface area contributed by atoms with Crippen molar-refractivity contribution in [3.05, 3.63) is 34.9 Å². The minimum Gasteiger partial charge on any atom is -0.355 e. The fourth-order valence-electron chi connectivity index (χ4n) is 2.52. The molecule has 142 valence electrons. The first-order valence-corrected chi connectivity index (χ1v) is 11.0. The van der Waals surface area contributed by atoms with Crippen molar-refractivity contribution in [1.82, 2.24) is 9.62 Å². The van der Waals surface area contributed by atoms with Crippen LogP contribution in [0.4, 0.5) is 0 Å². The number of halogens is 1. The molecule has 1 amide bonds. The molecule has 7 heteroatoms. The van der Waals surface area contributed by atoms with Crippen LogP contribution >= 0.6 is 11.6 Å². The number of hydrogen-bond acceptors (Lipinski definition) is 3. The minimum absolute atomic E-state index is 0.0823. The summed E-state index contributed by atoms with van der Waals surface area (Å²) >= 11 is 6.10. The summed E-state index contributed by atoms with van der Waals surface area (Å²) in [5, 5.41) is 3.36. The summed E-state index contributed by atoms with van der Waals surface area (Å²) in [4.78, 5) is 12.2. The van der Waals surface area contributed by atoms with Gasteiger partial charge in [-0.05, 0) is 24.0 Å². The highest BCUT2D eigenvalue weighted by atomic mass is 35.5. The van der Waals surface area contributed by atoms with E-state index in [1.54, 1.807) is 24.3 Å². The molecule has 0 radical (unpaired) electrons. The van der Waals surface area contributed by atoms with Gasteiger partial charge < -0.3 is 5.32 Å². The standard InChI is InChI=1S/C18H29ClN2O3S/c1-4-6-9-15(5-2)12-20-18(22)14-21(25(3,23)24)13-16-10-7-8-11-17(16)19/h7-8,10-11,15H,4-6,9,12-14H2,1-3H3,(H,20,22)/t15-/m1/s1. The van der Waals surface area contributed by atoms with E-state index < -0.39 is 10.0 Å². The van der Waals surface area contributed by atoms with Gasteiger partial charge >= 0.3 is 0 Å². The summed E-state index contributed by atoms with van der Waals surface area (Å²) in [7, 11) is -3.52. The van der Waals surface area contributed by atoms with Gasteiger partial charge in [-0.25, -0.2) is 8.42 Å². The highest BCUT2D eigenvalue weighted by molar-refractivity contribution is 7.88. The number of nitrogens with one attached hydrogen (secondary N) is 1.